The number of aromatic nitrogens is 1. The number of benzene rings is 1. The number of carbonyl (C=O) groups is 1. The molecule has 1 aliphatic rings. The molecule has 0 atom stereocenters. The van der Waals surface area contributed by atoms with Gasteiger partial charge in [0.15, 0.2) is 11.5 Å². The molecule has 0 saturated carbocycles. The molecule has 1 aliphatic heterocycles. The van der Waals surface area contributed by atoms with Crippen molar-refractivity contribution in [1.82, 2.24) is 9.88 Å². The number of halogens is 1. The monoisotopic (exact) mass is 374 g/mol. The molecule has 0 radical (unpaired) electrons. The minimum absolute atomic E-state index is 0.0976. The average molecular weight is 374 g/mol. The summed E-state index contributed by atoms with van der Waals surface area (Å²) in [6.07, 6.45) is 0. The van der Waals surface area contributed by atoms with Crippen molar-refractivity contribution >= 4 is 17.4 Å². The van der Waals surface area contributed by atoms with Crippen LogP contribution >= 0.6 is 0 Å². The van der Waals surface area contributed by atoms with E-state index in [-0.39, 0.29) is 5.91 Å². The summed E-state index contributed by atoms with van der Waals surface area (Å²) in [5.41, 5.74) is 0.653. The van der Waals surface area contributed by atoms with Crippen LogP contribution in [-0.2, 0) is 4.79 Å². The molecule has 0 aliphatic carbocycles. The van der Waals surface area contributed by atoms with E-state index in [4.69, 9.17) is 9.47 Å². The summed E-state index contributed by atoms with van der Waals surface area (Å²) in [7, 11) is 3.12. The molecule has 3 rings (SSSR count). The van der Waals surface area contributed by atoms with E-state index in [1.54, 1.807) is 44.6 Å². The highest BCUT2D eigenvalue weighted by Gasteiger charge is 2.20. The molecule has 0 unspecified atom stereocenters. The number of piperazine rings is 1. The second kappa shape index (κ2) is 8.68. The molecular formula is C19H23FN4O3. The number of rotatable bonds is 6. The molecule has 2 heterocycles. The van der Waals surface area contributed by atoms with Gasteiger partial charge in [-0.2, -0.15) is 4.39 Å². The van der Waals surface area contributed by atoms with E-state index in [1.165, 1.54) is 6.07 Å². The summed E-state index contributed by atoms with van der Waals surface area (Å²) in [4.78, 5) is 20.3. The van der Waals surface area contributed by atoms with Gasteiger partial charge in [0.25, 0.3) is 0 Å². The Morgan fingerprint density at radius 3 is 2.52 bits per heavy atom. The van der Waals surface area contributed by atoms with Gasteiger partial charge in [-0.25, -0.2) is 4.98 Å². The van der Waals surface area contributed by atoms with Crippen molar-refractivity contribution in [2.24, 2.45) is 0 Å². The first kappa shape index (κ1) is 18.9. The SMILES string of the molecule is COc1ccc(NC(=O)CN2CCN(c3cccc(F)n3)CC2)cc1OC. The van der Waals surface area contributed by atoms with Gasteiger partial charge in [0.1, 0.15) is 5.82 Å². The van der Waals surface area contributed by atoms with E-state index in [2.05, 4.69) is 15.2 Å². The van der Waals surface area contributed by atoms with Crippen LogP contribution in [0.2, 0.25) is 0 Å². The Balaban J connectivity index is 1.51. The maximum atomic E-state index is 13.3. The highest BCUT2D eigenvalue weighted by Crippen LogP contribution is 2.29. The fraction of sp³-hybridized carbons (Fsp3) is 0.368. The molecule has 1 saturated heterocycles. The van der Waals surface area contributed by atoms with Crippen LogP contribution in [0, 0.1) is 5.95 Å². The second-order valence-corrected chi connectivity index (χ2v) is 6.20. The van der Waals surface area contributed by atoms with Crippen LogP contribution in [0.5, 0.6) is 11.5 Å². The van der Waals surface area contributed by atoms with E-state index in [0.29, 0.717) is 55.7 Å². The molecule has 2 aromatic rings. The van der Waals surface area contributed by atoms with Crippen LogP contribution in [0.15, 0.2) is 36.4 Å². The van der Waals surface area contributed by atoms with Gasteiger partial charge in [-0.15, -0.1) is 0 Å². The fourth-order valence-corrected chi connectivity index (χ4v) is 3.03. The lowest BCUT2D eigenvalue weighted by Gasteiger charge is -2.34. The first-order valence-electron chi connectivity index (χ1n) is 8.71. The van der Waals surface area contributed by atoms with E-state index in [9.17, 15) is 9.18 Å². The minimum Gasteiger partial charge on any atom is -0.493 e. The second-order valence-electron chi connectivity index (χ2n) is 6.20. The largest absolute Gasteiger partial charge is 0.493 e. The number of hydrogen-bond donors (Lipinski definition) is 1. The van der Waals surface area contributed by atoms with Crippen LogP contribution in [0.1, 0.15) is 0 Å². The molecule has 1 aromatic carbocycles. The number of nitrogens with zero attached hydrogens (tertiary/aromatic N) is 3. The average Bonchev–Trinajstić information content (AvgIpc) is 2.68. The molecule has 0 spiro atoms. The Morgan fingerprint density at radius 2 is 1.85 bits per heavy atom. The molecule has 1 amide bonds. The van der Waals surface area contributed by atoms with Crippen LogP contribution in [0.4, 0.5) is 15.9 Å². The van der Waals surface area contributed by atoms with Crippen molar-refractivity contribution < 1.29 is 18.7 Å². The van der Waals surface area contributed by atoms with E-state index in [1.807, 2.05) is 4.90 Å². The Hall–Kier alpha value is -2.87. The van der Waals surface area contributed by atoms with Crippen molar-refractivity contribution in [2.75, 3.05) is 57.2 Å². The topological polar surface area (TPSA) is 66.9 Å². The normalized spacial score (nSPS) is 14.7. The Kier molecular flexibility index (Phi) is 6.08. The lowest BCUT2D eigenvalue weighted by molar-refractivity contribution is -0.117. The van der Waals surface area contributed by atoms with E-state index < -0.39 is 5.95 Å². The van der Waals surface area contributed by atoms with Gasteiger partial charge in [-0.1, -0.05) is 6.07 Å². The van der Waals surface area contributed by atoms with Gasteiger partial charge in [0.2, 0.25) is 11.9 Å². The van der Waals surface area contributed by atoms with Crippen LogP contribution < -0.4 is 19.7 Å². The third-order valence-electron chi connectivity index (χ3n) is 4.43. The number of anilines is 2. The molecule has 1 fully saturated rings. The minimum atomic E-state index is -0.482. The number of carbonyl (C=O) groups excluding carboxylic acids is 1. The van der Waals surface area contributed by atoms with Crippen molar-refractivity contribution in [1.29, 1.82) is 0 Å². The molecule has 27 heavy (non-hydrogen) atoms. The van der Waals surface area contributed by atoms with Gasteiger partial charge in [-0.3, -0.25) is 9.69 Å². The first-order chi connectivity index (χ1) is 13.1. The fourth-order valence-electron chi connectivity index (χ4n) is 3.03. The van der Waals surface area contributed by atoms with Crippen LogP contribution in [0.3, 0.4) is 0 Å². The predicted molar refractivity (Wildman–Crippen MR) is 101 cm³/mol. The third kappa shape index (κ3) is 4.85. The highest BCUT2D eigenvalue weighted by molar-refractivity contribution is 5.92. The number of methoxy groups -OCH3 is 2. The molecule has 7 nitrogen and oxygen atoms in total. The number of pyridine rings is 1. The Morgan fingerprint density at radius 1 is 1.11 bits per heavy atom. The number of amides is 1. The number of nitrogens with one attached hydrogen (secondary N) is 1. The van der Waals surface area contributed by atoms with Gasteiger partial charge >= 0.3 is 0 Å². The predicted octanol–water partition coefficient (Wildman–Crippen LogP) is 2.00. The van der Waals surface area contributed by atoms with Gasteiger partial charge in [-0.05, 0) is 24.3 Å². The molecule has 1 aromatic heterocycles. The zero-order valence-electron chi connectivity index (χ0n) is 15.4. The lowest BCUT2D eigenvalue weighted by atomic mass is 10.2. The zero-order chi connectivity index (χ0) is 19.2. The summed E-state index contributed by atoms with van der Waals surface area (Å²) in [5.74, 6) is 1.22. The van der Waals surface area contributed by atoms with Crippen molar-refractivity contribution in [3.63, 3.8) is 0 Å². The molecule has 144 valence electrons. The van der Waals surface area contributed by atoms with Crippen LogP contribution in [0.25, 0.3) is 0 Å². The summed E-state index contributed by atoms with van der Waals surface area (Å²) >= 11 is 0. The Labute approximate surface area is 157 Å². The molecule has 8 heteroatoms. The number of hydrogen-bond acceptors (Lipinski definition) is 6. The summed E-state index contributed by atoms with van der Waals surface area (Å²) in [6, 6.07) is 10.0. The molecule has 1 N–H and O–H groups in total. The highest BCUT2D eigenvalue weighted by atomic mass is 19.1. The standard InChI is InChI=1S/C19H23FN4O3/c1-26-15-7-6-14(12-16(15)27-2)21-19(25)13-23-8-10-24(11-9-23)18-5-3-4-17(20)22-18/h3-7,12H,8-11,13H2,1-2H3,(H,21,25). The maximum absolute atomic E-state index is 13.3. The molecular weight excluding hydrogens is 351 g/mol. The van der Waals surface area contributed by atoms with Gasteiger partial charge < -0.3 is 19.7 Å². The Bertz CT molecular complexity index is 794. The quantitative estimate of drug-likeness (QED) is 0.780. The van der Waals surface area contributed by atoms with Crippen LogP contribution in [-0.4, -0.2) is 62.7 Å². The third-order valence-corrected chi connectivity index (χ3v) is 4.43. The lowest BCUT2D eigenvalue weighted by Crippen LogP contribution is -2.49. The smallest absolute Gasteiger partial charge is 0.238 e. The maximum Gasteiger partial charge on any atom is 0.238 e. The number of ether oxygens (including phenoxy) is 2. The summed E-state index contributed by atoms with van der Waals surface area (Å²) in [6.45, 7) is 3.09. The first-order valence-corrected chi connectivity index (χ1v) is 8.71. The zero-order valence-corrected chi connectivity index (χ0v) is 15.4. The van der Waals surface area contributed by atoms with E-state index in [0.717, 1.165) is 0 Å². The molecule has 0 bridgehead atoms. The summed E-state index contributed by atoms with van der Waals surface area (Å²) in [5, 5.41) is 2.87. The van der Waals surface area contributed by atoms with Gasteiger partial charge in [0.05, 0.1) is 20.8 Å². The summed E-state index contributed by atoms with van der Waals surface area (Å²) < 4.78 is 23.7. The van der Waals surface area contributed by atoms with Crippen molar-refractivity contribution in [2.45, 2.75) is 0 Å². The van der Waals surface area contributed by atoms with Crippen molar-refractivity contribution in [3.8, 4) is 11.5 Å². The van der Waals surface area contributed by atoms with Gasteiger partial charge in [0, 0.05) is 37.9 Å². The van der Waals surface area contributed by atoms with Crippen molar-refractivity contribution in [3.05, 3.63) is 42.3 Å². The van der Waals surface area contributed by atoms with E-state index >= 15 is 0 Å².